The third-order valence-electron chi connectivity index (χ3n) is 1.78. The van der Waals surface area contributed by atoms with Gasteiger partial charge in [0, 0.05) is 24.8 Å². The molecule has 12 heavy (non-hydrogen) atoms. The summed E-state index contributed by atoms with van der Waals surface area (Å²) in [6.45, 7) is 4.02. The van der Waals surface area contributed by atoms with Gasteiger partial charge >= 0.3 is 0 Å². The van der Waals surface area contributed by atoms with Crippen LogP contribution in [0.2, 0.25) is 0 Å². The van der Waals surface area contributed by atoms with Crippen LogP contribution in [0.25, 0.3) is 0 Å². The van der Waals surface area contributed by atoms with Crippen LogP contribution in [0, 0.1) is 6.92 Å². The van der Waals surface area contributed by atoms with Gasteiger partial charge < -0.3 is 10.4 Å². The van der Waals surface area contributed by atoms with Gasteiger partial charge in [-0.05, 0) is 13.8 Å². The minimum Gasteiger partial charge on any atom is -0.394 e. The molecule has 1 aromatic heterocycles. The average molecular weight is 169 g/mol. The molecule has 4 heteroatoms. The zero-order valence-electron chi connectivity index (χ0n) is 7.70. The molecule has 0 aliphatic carbocycles. The first-order chi connectivity index (χ1) is 5.63. The van der Waals surface area contributed by atoms with Crippen LogP contribution in [0.1, 0.15) is 12.6 Å². The highest BCUT2D eigenvalue weighted by atomic mass is 16.3. The summed E-state index contributed by atoms with van der Waals surface area (Å²) in [5, 5.41) is 16.0. The highest BCUT2D eigenvalue weighted by Crippen LogP contribution is 2.07. The van der Waals surface area contributed by atoms with E-state index < -0.39 is 0 Å². The molecule has 0 amide bonds. The summed E-state index contributed by atoms with van der Waals surface area (Å²) in [5.74, 6) is 0.816. The molecule has 1 heterocycles. The van der Waals surface area contributed by atoms with Gasteiger partial charge in [-0.15, -0.1) is 0 Å². The third kappa shape index (κ3) is 1.98. The lowest BCUT2D eigenvalue weighted by Crippen LogP contribution is -2.19. The van der Waals surface area contributed by atoms with E-state index in [1.54, 1.807) is 4.68 Å². The van der Waals surface area contributed by atoms with E-state index in [1.165, 1.54) is 0 Å². The molecule has 0 radical (unpaired) electrons. The van der Waals surface area contributed by atoms with Crippen LogP contribution in [0.15, 0.2) is 6.07 Å². The second-order valence-corrected chi connectivity index (χ2v) is 3.02. The molecule has 0 aromatic carbocycles. The number of anilines is 1. The van der Waals surface area contributed by atoms with E-state index in [1.807, 2.05) is 27.0 Å². The predicted octanol–water partition coefficient (Wildman–Crippen LogP) is 0.521. The van der Waals surface area contributed by atoms with Gasteiger partial charge in [0.05, 0.1) is 6.61 Å². The average Bonchev–Trinajstić information content (AvgIpc) is 2.31. The number of rotatable bonds is 3. The summed E-state index contributed by atoms with van der Waals surface area (Å²) in [5.41, 5.74) is 1.10. The van der Waals surface area contributed by atoms with E-state index in [9.17, 15) is 0 Å². The standard InChI is InChI=1S/C8H15N3O/c1-6(5-12)9-8-4-7(2)11(3)10-8/h4,6,12H,5H2,1-3H3,(H,9,10). The van der Waals surface area contributed by atoms with E-state index in [0.717, 1.165) is 11.5 Å². The van der Waals surface area contributed by atoms with Crippen LogP contribution < -0.4 is 5.32 Å². The van der Waals surface area contributed by atoms with Crippen molar-refractivity contribution in [1.29, 1.82) is 0 Å². The number of aromatic nitrogens is 2. The highest BCUT2D eigenvalue weighted by molar-refractivity contribution is 5.36. The van der Waals surface area contributed by atoms with Crippen LogP contribution in [-0.2, 0) is 7.05 Å². The molecule has 2 N–H and O–H groups in total. The van der Waals surface area contributed by atoms with Gasteiger partial charge in [0.1, 0.15) is 5.82 Å². The van der Waals surface area contributed by atoms with Crippen LogP contribution >= 0.6 is 0 Å². The summed E-state index contributed by atoms with van der Waals surface area (Å²) < 4.78 is 1.80. The molecule has 0 fully saturated rings. The maximum Gasteiger partial charge on any atom is 0.148 e. The molecule has 0 aliphatic heterocycles. The van der Waals surface area contributed by atoms with Gasteiger partial charge in [0.2, 0.25) is 0 Å². The van der Waals surface area contributed by atoms with Gasteiger partial charge in [-0.2, -0.15) is 5.10 Å². The van der Waals surface area contributed by atoms with Gasteiger partial charge in [-0.1, -0.05) is 0 Å². The Morgan fingerprint density at radius 2 is 2.42 bits per heavy atom. The quantitative estimate of drug-likeness (QED) is 0.693. The van der Waals surface area contributed by atoms with Crippen molar-refractivity contribution in [2.75, 3.05) is 11.9 Å². The molecule has 0 spiro atoms. The van der Waals surface area contributed by atoms with Gasteiger partial charge in [-0.3, -0.25) is 4.68 Å². The lowest BCUT2D eigenvalue weighted by Gasteiger charge is -2.08. The highest BCUT2D eigenvalue weighted by Gasteiger charge is 2.03. The molecule has 0 saturated carbocycles. The van der Waals surface area contributed by atoms with Crippen molar-refractivity contribution in [3.8, 4) is 0 Å². The molecule has 1 rings (SSSR count). The van der Waals surface area contributed by atoms with Crippen molar-refractivity contribution < 1.29 is 5.11 Å². The maximum absolute atomic E-state index is 8.78. The first kappa shape index (κ1) is 9.06. The fourth-order valence-electron chi connectivity index (χ4n) is 0.929. The number of hydrogen-bond acceptors (Lipinski definition) is 3. The third-order valence-corrected chi connectivity index (χ3v) is 1.78. The summed E-state index contributed by atoms with van der Waals surface area (Å²) in [7, 11) is 1.89. The number of nitrogens with one attached hydrogen (secondary N) is 1. The monoisotopic (exact) mass is 169 g/mol. The molecule has 4 nitrogen and oxygen atoms in total. The van der Waals surface area contributed by atoms with Crippen molar-refractivity contribution in [3.05, 3.63) is 11.8 Å². The molecule has 1 atom stereocenters. The Balaban J connectivity index is 2.64. The fourth-order valence-corrected chi connectivity index (χ4v) is 0.929. The smallest absolute Gasteiger partial charge is 0.148 e. The number of hydrogen-bond donors (Lipinski definition) is 2. The van der Waals surface area contributed by atoms with E-state index in [-0.39, 0.29) is 12.6 Å². The zero-order chi connectivity index (χ0) is 9.14. The van der Waals surface area contributed by atoms with Crippen molar-refractivity contribution >= 4 is 5.82 Å². The molecule has 0 saturated heterocycles. The van der Waals surface area contributed by atoms with E-state index in [4.69, 9.17) is 5.11 Å². The van der Waals surface area contributed by atoms with Crippen molar-refractivity contribution in [2.45, 2.75) is 19.9 Å². The second-order valence-electron chi connectivity index (χ2n) is 3.02. The van der Waals surface area contributed by atoms with Crippen LogP contribution in [0.4, 0.5) is 5.82 Å². The van der Waals surface area contributed by atoms with Crippen LogP contribution in [0.5, 0.6) is 0 Å². The number of nitrogens with zero attached hydrogens (tertiary/aromatic N) is 2. The number of aliphatic hydroxyl groups excluding tert-OH is 1. The van der Waals surface area contributed by atoms with E-state index in [0.29, 0.717) is 0 Å². The molecular weight excluding hydrogens is 154 g/mol. The predicted molar refractivity (Wildman–Crippen MR) is 48.1 cm³/mol. The molecule has 0 bridgehead atoms. The lowest BCUT2D eigenvalue weighted by molar-refractivity contribution is 0.281. The Bertz CT molecular complexity index is 237. The van der Waals surface area contributed by atoms with Crippen molar-refractivity contribution in [3.63, 3.8) is 0 Å². The van der Waals surface area contributed by atoms with E-state index in [2.05, 4.69) is 10.4 Å². The minimum atomic E-state index is 0.0549. The van der Waals surface area contributed by atoms with Crippen molar-refractivity contribution in [1.82, 2.24) is 9.78 Å². The Morgan fingerprint density at radius 3 is 2.83 bits per heavy atom. The fraction of sp³-hybridized carbons (Fsp3) is 0.625. The minimum absolute atomic E-state index is 0.0549. The first-order valence-electron chi connectivity index (χ1n) is 4.01. The molecule has 1 aromatic rings. The zero-order valence-corrected chi connectivity index (χ0v) is 7.70. The summed E-state index contributed by atoms with van der Waals surface area (Å²) >= 11 is 0. The second kappa shape index (κ2) is 3.58. The molecule has 1 unspecified atom stereocenters. The number of aryl methyl sites for hydroxylation is 2. The Kier molecular flexibility index (Phi) is 2.70. The molecule has 0 aliphatic rings. The van der Waals surface area contributed by atoms with Crippen LogP contribution in [-0.4, -0.2) is 27.5 Å². The summed E-state index contributed by atoms with van der Waals surface area (Å²) in [6, 6.07) is 2.01. The largest absolute Gasteiger partial charge is 0.394 e. The van der Waals surface area contributed by atoms with E-state index >= 15 is 0 Å². The SMILES string of the molecule is Cc1cc(NC(C)CO)nn1C. The van der Waals surface area contributed by atoms with Gasteiger partial charge in [-0.25, -0.2) is 0 Å². The Hall–Kier alpha value is -1.03. The van der Waals surface area contributed by atoms with Gasteiger partial charge in [0.25, 0.3) is 0 Å². The topological polar surface area (TPSA) is 50.1 Å². The number of aliphatic hydroxyl groups is 1. The normalized spacial score (nSPS) is 13.0. The summed E-state index contributed by atoms with van der Waals surface area (Å²) in [4.78, 5) is 0. The molecule has 68 valence electrons. The molecular formula is C8H15N3O. The summed E-state index contributed by atoms with van der Waals surface area (Å²) in [6.07, 6.45) is 0. The Labute approximate surface area is 72.2 Å². The van der Waals surface area contributed by atoms with Crippen molar-refractivity contribution in [2.24, 2.45) is 7.05 Å². The lowest BCUT2D eigenvalue weighted by atomic mass is 10.3. The van der Waals surface area contributed by atoms with Crippen LogP contribution in [0.3, 0.4) is 0 Å². The Morgan fingerprint density at radius 1 is 1.75 bits per heavy atom. The first-order valence-corrected chi connectivity index (χ1v) is 4.01. The van der Waals surface area contributed by atoms with Gasteiger partial charge in [0.15, 0.2) is 0 Å². The maximum atomic E-state index is 8.78.